The van der Waals surface area contributed by atoms with E-state index in [1.165, 1.54) is 12.1 Å². The van der Waals surface area contributed by atoms with E-state index in [2.05, 4.69) is 10.6 Å². The van der Waals surface area contributed by atoms with Gasteiger partial charge in [0.2, 0.25) is 0 Å². The van der Waals surface area contributed by atoms with Gasteiger partial charge in [-0.1, -0.05) is 11.6 Å². The smallest absolute Gasteiger partial charge is 0.337 e. The molecule has 1 fully saturated rings. The van der Waals surface area contributed by atoms with Gasteiger partial charge in [0.25, 0.3) is 0 Å². The van der Waals surface area contributed by atoms with Crippen LogP contribution < -0.4 is 10.6 Å². The van der Waals surface area contributed by atoms with Gasteiger partial charge in [0.15, 0.2) is 0 Å². The number of anilines is 1. The molecule has 1 aliphatic carbocycles. The summed E-state index contributed by atoms with van der Waals surface area (Å²) in [6, 6.07) is 4.03. The van der Waals surface area contributed by atoms with Crippen LogP contribution in [0, 0.1) is 0 Å². The first-order valence-electron chi connectivity index (χ1n) is 6.62. The van der Waals surface area contributed by atoms with Crippen LogP contribution in [0.5, 0.6) is 0 Å². The molecule has 2 amide bonds. The second-order valence-corrected chi connectivity index (χ2v) is 5.37. The summed E-state index contributed by atoms with van der Waals surface area (Å²) in [6.07, 6.45) is 2.76. The van der Waals surface area contributed by atoms with Crippen molar-refractivity contribution in [3.63, 3.8) is 0 Å². The number of amides is 2. The zero-order valence-corrected chi connectivity index (χ0v) is 12.3. The second-order valence-electron chi connectivity index (χ2n) is 4.97. The lowest BCUT2D eigenvalue weighted by molar-refractivity contribution is 0.0697. The Kier molecular flexibility index (Phi) is 5.03. The molecule has 0 heterocycles. The monoisotopic (exact) mass is 312 g/mol. The molecule has 2 atom stereocenters. The van der Waals surface area contributed by atoms with Crippen molar-refractivity contribution >= 4 is 29.3 Å². The Hall–Kier alpha value is -1.79. The fraction of sp³-hybridized carbons (Fsp3) is 0.429. The quantitative estimate of drug-likeness (QED) is 0.797. The van der Waals surface area contributed by atoms with Gasteiger partial charge in [0, 0.05) is 18.8 Å². The number of methoxy groups -OCH3 is 1. The van der Waals surface area contributed by atoms with Crippen LogP contribution in [0.4, 0.5) is 10.5 Å². The number of hydrogen-bond donors (Lipinski definition) is 3. The molecule has 2 unspecified atom stereocenters. The highest BCUT2D eigenvalue weighted by molar-refractivity contribution is 6.33. The second kappa shape index (κ2) is 6.78. The molecule has 2 rings (SSSR count). The lowest BCUT2D eigenvalue weighted by Crippen LogP contribution is -2.36. The van der Waals surface area contributed by atoms with Crippen molar-refractivity contribution in [1.29, 1.82) is 0 Å². The van der Waals surface area contributed by atoms with Crippen molar-refractivity contribution in [1.82, 2.24) is 5.32 Å². The summed E-state index contributed by atoms with van der Waals surface area (Å²) < 4.78 is 5.24. The zero-order chi connectivity index (χ0) is 15.4. The van der Waals surface area contributed by atoms with Gasteiger partial charge in [-0.05, 0) is 37.5 Å². The van der Waals surface area contributed by atoms with E-state index in [1.54, 1.807) is 13.2 Å². The van der Waals surface area contributed by atoms with Crippen molar-refractivity contribution in [3.05, 3.63) is 28.8 Å². The topological polar surface area (TPSA) is 87.7 Å². The van der Waals surface area contributed by atoms with Crippen LogP contribution in [0.3, 0.4) is 0 Å². The molecule has 0 spiro atoms. The normalized spacial score (nSPS) is 21.0. The lowest BCUT2D eigenvalue weighted by Gasteiger charge is -2.14. The molecular weight excluding hydrogens is 296 g/mol. The van der Waals surface area contributed by atoms with E-state index in [1.807, 2.05) is 0 Å². The molecule has 0 saturated heterocycles. The summed E-state index contributed by atoms with van der Waals surface area (Å²) in [5.74, 6) is -1.14. The van der Waals surface area contributed by atoms with E-state index in [4.69, 9.17) is 21.4 Å². The number of carboxylic acids is 1. The molecule has 114 valence electrons. The van der Waals surface area contributed by atoms with Gasteiger partial charge >= 0.3 is 12.0 Å². The molecule has 0 aliphatic heterocycles. The fourth-order valence-corrected chi connectivity index (χ4v) is 2.60. The van der Waals surface area contributed by atoms with Gasteiger partial charge in [-0.15, -0.1) is 0 Å². The highest BCUT2D eigenvalue weighted by atomic mass is 35.5. The Balaban J connectivity index is 1.94. The minimum atomic E-state index is -1.14. The first-order chi connectivity index (χ1) is 9.99. The third-order valence-electron chi connectivity index (χ3n) is 3.51. The maximum absolute atomic E-state index is 11.9. The molecule has 1 aliphatic rings. The van der Waals surface area contributed by atoms with Gasteiger partial charge in [0.1, 0.15) is 0 Å². The summed E-state index contributed by atoms with van der Waals surface area (Å²) in [5.41, 5.74) is 0.338. The molecule has 1 aromatic carbocycles. The van der Waals surface area contributed by atoms with Crippen LogP contribution >= 0.6 is 11.6 Å². The van der Waals surface area contributed by atoms with Crippen LogP contribution in [0.25, 0.3) is 0 Å². The average Bonchev–Trinajstić information content (AvgIpc) is 2.88. The number of hydrogen-bond acceptors (Lipinski definition) is 3. The molecule has 1 saturated carbocycles. The molecule has 0 radical (unpaired) electrons. The molecule has 21 heavy (non-hydrogen) atoms. The van der Waals surface area contributed by atoms with Crippen molar-refractivity contribution in [2.45, 2.75) is 31.4 Å². The number of halogens is 1. The highest BCUT2D eigenvalue weighted by Crippen LogP contribution is 2.22. The van der Waals surface area contributed by atoms with Crippen molar-refractivity contribution in [2.24, 2.45) is 0 Å². The summed E-state index contributed by atoms with van der Waals surface area (Å²) in [4.78, 5) is 22.9. The van der Waals surface area contributed by atoms with Gasteiger partial charge in [0.05, 0.1) is 16.7 Å². The molecule has 1 aromatic rings. The summed E-state index contributed by atoms with van der Waals surface area (Å²) in [7, 11) is 1.66. The molecule has 0 bridgehead atoms. The van der Waals surface area contributed by atoms with Crippen LogP contribution in [0.2, 0.25) is 5.02 Å². The van der Waals surface area contributed by atoms with Crippen molar-refractivity contribution in [2.75, 3.05) is 12.4 Å². The Morgan fingerprint density at radius 3 is 2.76 bits per heavy atom. The van der Waals surface area contributed by atoms with Crippen LogP contribution in [0.15, 0.2) is 18.2 Å². The van der Waals surface area contributed by atoms with E-state index < -0.39 is 5.97 Å². The third kappa shape index (κ3) is 4.09. The largest absolute Gasteiger partial charge is 0.478 e. The first kappa shape index (κ1) is 15.6. The number of carboxylic acid groups (broad SMARTS) is 1. The van der Waals surface area contributed by atoms with Crippen molar-refractivity contribution < 1.29 is 19.4 Å². The minimum absolute atomic E-state index is 0.0465. The third-order valence-corrected chi connectivity index (χ3v) is 3.84. The SMILES string of the molecule is COC1CCC(NC(=O)Nc2ccc(Cl)c(C(=O)O)c2)C1. The molecule has 6 nitrogen and oxygen atoms in total. The van der Waals surface area contributed by atoms with Crippen LogP contribution in [-0.2, 0) is 4.74 Å². The van der Waals surface area contributed by atoms with E-state index in [0.29, 0.717) is 5.69 Å². The highest BCUT2D eigenvalue weighted by Gasteiger charge is 2.25. The molecule has 3 N–H and O–H groups in total. The first-order valence-corrected chi connectivity index (χ1v) is 7.00. The Bertz CT molecular complexity index is 550. The Morgan fingerprint density at radius 2 is 2.14 bits per heavy atom. The fourth-order valence-electron chi connectivity index (χ4n) is 2.40. The van der Waals surface area contributed by atoms with Crippen LogP contribution in [0.1, 0.15) is 29.6 Å². The minimum Gasteiger partial charge on any atom is -0.478 e. The number of carbonyl (C=O) groups excluding carboxylic acids is 1. The Labute approximate surface area is 127 Å². The number of rotatable bonds is 4. The number of ether oxygens (including phenoxy) is 1. The number of urea groups is 1. The number of carbonyl (C=O) groups is 2. The van der Waals surface area contributed by atoms with E-state index in [9.17, 15) is 9.59 Å². The average molecular weight is 313 g/mol. The Morgan fingerprint density at radius 1 is 1.38 bits per heavy atom. The summed E-state index contributed by atoms with van der Waals surface area (Å²) in [5, 5.41) is 14.6. The van der Waals surface area contributed by atoms with Gasteiger partial charge in [-0.3, -0.25) is 0 Å². The molecule has 0 aromatic heterocycles. The molecule has 7 heteroatoms. The van der Waals surface area contributed by atoms with Crippen molar-refractivity contribution in [3.8, 4) is 0 Å². The lowest BCUT2D eigenvalue weighted by atomic mass is 10.2. The van der Waals surface area contributed by atoms with E-state index in [0.717, 1.165) is 19.3 Å². The van der Waals surface area contributed by atoms with Gasteiger partial charge in [-0.2, -0.15) is 0 Å². The maximum atomic E-state index is 11.9. The standard InChI is InChI=1S/C14H17ClN2O4/c1-21-10-4-2-8(6-10)16-14(20)17-9-3-5-12(15)11(7-9)13(18)19/h3,5,7-8,10H,2,4,6H2,1H3,(H,18,19)(H2,16,17,20). The van der Waals surface area contributed by atoms with Gasteiger partial charge in [-0.25, -0.2) is 9.59 Å². The number of benzene rings is 1. The summed E-state index contributed by atoms with van der Waals surface area (Å²) >= 11 is 5.77. The maximum Gasteiger partial charge on any atom is 0.337 e. The predicted octanol–water partition coefficient (Wildman–Crippen LogP) is 2.73. The van der Waals surface area contributed by atoms with Crippen LogP contribution in [-0.4, -0.2) is 36.4 Å². The van der Waals surface area contributed by atoms with E-state index >= 15 is 0 Å². The molecular formula is C14H17ClN2O4. The predicted molar refractivity (Wildman–Crippen MR) is 79.0 cm³/mol. The van der Waals surface area contributed by atoms with E-state index in [-0.39, 0.29) is 28.8 Å². The number of aromatic carboxylic acids is 1. The zero-order valence-electron chi connectivity index (χ0n) is 11.6. The number of nitrogens with one attached hydrogen (secondary N) is 2. The summed E-state index contributed by atoms with van der Waals surface area (Å²) in [6.45, 7) is 0. The van der Waals surface area contributed by atoms with Gasteiger partial charge < -0.3 is 20.5 Å².